The smallest absolute Gasteiger partial charge is 0.257 e. The zero-order chi connectivity index (χ0) is 21.7. The van der Waals surface area contributed by atoms with Crippen LogP contribution in [0.5, 0.6) is 0 Å². The molecule has 3 aromatic rings. The van der Waals surface area contributed by atoms with Crippen molar-refractivity contribution in [3.05, 3.63) is 75.3 Å². The molecular formula is C22H23ClN4O2S. The number of carbonyl (C=O) groups excluding carboxylic acids is 2. The van der Waals surface area contributed by atoms with Crippen molar-refractivity contribution >= 4 is 39.9 Å². The Morgan fingerprint density at radius 1 is 1.00 bits per heavy atom. The third-order valence-corrected chi connectivity index (χ3v) is 5.67. The van der Waals surface area contributed by atoms with Crippen molar-refractivity contribution in [1.29, 1.82) is 0 Å². The van der Waals surface area contributed by atoms with Crippen LogP contribution < -0.4 is 10.6 Å². The molecular weight excluding hydrogens is 420 g/mol. The zero-order valence-corrected chi connectivity index (χ0v) is 18.6. The van der Waals surface area contributed by atoms with Crippen LogP contribution in [0.3, 0.4) is 0 Å². The molecule has 0 unspecified atom stereocenters. The molecule has 156 valence electrons. The molecule has 2 aromatic carbocycles. The minimum absolute atomic E-state index is 0.0321. The van der Waals surface area contributed by atoms with E-state index in [4.69, 9.17) is 11.6 Å². The number of benzene rings is 2. The first-order valence-corrected chi connectivity index (χ1v) is 10.7. The van der Waals surface area contributed by atoms with E-state index in [0.717, 1.165) is 5.56 Å². The minimum Gasteiger partial charge on any atom is -0.352 e. The molecule has 1 aromatic heterocycles. The van der Waals surface area contributed by atoms with E-state index in [1.807, 2.05) is 24.3 Å². The standard InChI is InChI=1S/C22H23ClN4O2S/c1-22(2,3)15-10-8-14(9-11-15)19(28)25-21-27-26-18(30-21)12-13-24-20(29)16-6-4-5-7-17(16)23/h4-11H,12-13H2,1-3H3,(H,24,29)(H,25,27,28). The summed E-state index contributed by atoms with van der Waals surface area (Å²) in [5.41, 5.74) is 2.19. The number of amides is 2. The van der Waals surface area contributed by atoms with Crippen LogP contribution in [0.25, 0.3) is 0 Å². The van der Waals surface area contributed by atoms with Gasteiger partial charge in [0.2, 0.25) is 5.13 Å². The Hall–Kier alpha value is -2.77. The predicted octanol–water partition coefficient (Wildman–Crippen LogP) is 4.71. The molecule has 30 heavy (non-hydrogen) atoms. The van der Waals surface area contributed by atoms with E-state index in [2.05, 4.69) is 41.6 Å². The van der Waals surface area contributed by atoms with E-state index in [1.54, 1.807) is 24.3 Å². The van der Waals surface area contributed by atoms with Crippen molar-refractivity contribution in [1.82, 2.24) is 15.5 Å². The van der Waals surface area contributed by atoms with Gasteiger partial charge in [-0.1, -0.05) is 68.0 Å². The van der Waals surface area contributed by atoms with Crippen LogP contribution in [0.4, 0.5) is 5.13 Å². The molecule has 0 fully saturated rings. The lowest BCUT2D eigenvalue weighted by Gasteiger charge is -2.18. The predicted molar refractivity (Wildman–Crippen MR) is 120 cm³/mol. The second-order valence-corrected chi connectivity index (χ2v) is 9.24. The summed E-state index contributed by atoms with van der Waals surface area (Å²) in [5.74, 6) is -0.470. The summed E-state index contributed by atoms with van der Waals surface area (Å²) < 4.78 is 0. The molecule has 0 aliphatic rings. The molecule has 0 aliphatic carbocycles. The summed E-state index contributed by atoms with van der Waals surface area (Å²) >= 11 is 7.31. The van der Waals surface area contributed by atoms with Crippen molar-refractivity contribution in [2.24, 2.45) is 0 Å². The van der Waals surface area contributed by atoms with Gasteiger partial charge >= 0.3 is 0 Å². The number of aromatic nitrogens is 2. The fourth-order valence-electron chi connectivity index (χ4n) is 2.72. The molecule has 2 amide bonds. The second-order valence-electron chi connectivity index (χ2n) is 7.77. The lowest BCUT2D eigenvalue weighted by Crippen LogP contribution is -2.25. The number of nitrogens with zero attached hydrogens (tertiary/aromatic N) is 2. The lowest BCUT2D eigenvalue weighted by atomic mass is 9.87. The number of carbonyl (C=O) groups is 2. The van der Waals surface area contributed by atoms with E-state index in [9.17, 15) is 9.59 Å². The molecule has 8 heteroatoms. The summed E-state index contributed by atoms with van der Waals surface area (Å²) in [4.78, 5) is 24.6. The highest BCUT2D eigenvalue weighted by Crippen LogP contribution is 2.23. The van der Waals surface area contributed by atoms with Crippen LogP contribution in [0, 0.1) is 0 Å². The third kappa shape index (κ3) is 5.64. The Labute approximate surface area is 184 Å². The van der Waals surface area contributed by atoms with Crippen molar-refractivity contribution in [3.63, 3.8) is 0 Å². The van der Waals surface area contributed by atoms with E-state index in [0.29, 0.717) is 39.3 Å². The summed E-state index contributed by atoms with van der Waals surface area (Å²) in [5, 5.41) is 15.2. The normalized spacial score (nSPS) is 11.2. The number of hydrogen-bond acceptors (Lipinski definition) is 5. The Morgan fingerprint density at radius 3 is 2.37 bits per heavy atom. The summed E-state index contributed by atoms with van der Waals surface area (Å²) in [6.45, 7) is 6.77. The van der Waals surface area contributed by atoms with Gasteiger partial charge in [-0.25, -0.2) is 0 Å². The molecule has 0 aliphatic heterocycles. The summed E-state index contributed by atoms with van der Waals surface area (Å²) in [6.07, 6.45) is 0.504. The maximum Gasteiger partial charge on any atom is 0.257 e. The first kappa shape index (κ1) is 21.9. The van der Waals surface area contributed by atoms with Gasteiger partial charge in [-0.3, -0.25) is 14.9 Å². The number of anilines is 1. The molecule has 6 nitrogen and oxygen atoms in total. The van der Waals surface area contributed by atoms with Gasteiger partial charge in [0, 0.05) is 18.5 Å². The third-order valence-electron chi connectivity index (χ3n) is 4.44. The van der Waals surface area contributed by atoms with Gasteiger partial charge in [0.25, 0.3) is 11.8 Å². The van der Waals surface area contributed by atoms with Gasteiger partial charge in [0.1, 0.15) is 5.01 Å². The van der Waals surface area contributed by atoms with E-state index < -0.39 is 0 Å². The summed E-state index contributed by atoms with van der Waals surface area (Å²) in [6, 6.07) is 14.4. The molecule has 0 radical (unpaired) electrons. The monoisotopic (exact) mass is 442 g/mol. The largest absolute Gasteiger partial charge is 0.352 e. The SMILES string of the molecule is CC(C)(C)c1ccc(C(=O)Nc2nnc(CCNC(=O)c3ccccc3Cl)s2)cc1. The summed E-state index contributed by atoms with van der Waals surface area (Å²) in [7, 11) is 0. The second kappa shape index (κ2) is 9.36. The zero-order valence-electron chi connectivity index (χ0n) is 17.0. The van der Waals surface area contributed by atoms with Crippen LogP contribution in [0.15, 0.2) is 48.5 Å². The van der Waals surface area contributed by atoms with Crippen LogP contribution in [-0.4, -0.2) is 28.6 Å². The van der Waals surface area contributed by atoms with Crippen molar-refractivity contribution in [3.8, 4) is 0 Å². The van der Waals surface area contributed by atoms with Gasteiger partial charge in [-0.05, 0) is 35.2 Å². The van der Waals surface area contributed by atoms with E-state index in [1.165, 1.54) is 11.3 Å². The first-order chi connectivity index (χ1) is 14.2. The van der Waals surface area contributed by atoms with Crippen LogP contribution in [0.2, 0.25) is 5.02 Å². The maximum atomic E-state index is 12.4. The minimum atomic E-state index is -0.239. The Balaban J connectivity index is 1.52. The Bertz CT molecular complexity index is 1040. The van der Waals surface area contributed by atoms with E-state index >= 15 is 0 Å². The first-order valence-electron chi connectivity index (χ1n) is 9.51. The maximum absolute atomic E-state index is 12.4. The average Bonchev–Trinajstić information content (AvgIpc) is 3.14. The number of hydrogen-bond donors (Lipinski definition) is 2. The number of nitrogens with one attached hydrogen (secondary N) is 2. The topological polar surface area (TPSA) is 84.0 Å². The Morgan fingerprint density at radius 2 is 1.70 bits per heavy atom. The number of halogens is 1. The molecule has 1 heterocycles. The highest BCUT2D eigenvalue weighted by atomic mass is 35.5. The molecule has 0 bridgehead atoms. The quantitative estimate of drug-likeness (QED) is 0.578. The van der Waals surface area contributed by atoms with Crippen LogP contribution in [0.1, 0.15) is 52.1 Å². The van der Waals surface area contributed by atoms with E-state index in [-0.39, 0.29) is 17.2 Å². The fourth-order valence-corrected chi connectivity index (χ4v) is 3.68. The van der Waals surface area contributed by atoms with Crippen LogP contribution in [-0.2, 0) is 11.8 Å². The van der Waals surface area contributed by atoms with Crippen molar-refractivity contribution in [2.45, 2.75) is 32.6 Å². The Kier molecular flexibility index (Phi) is 6.84. The van der Waals surface area contributed by atoms with Crippen LogP contribution >= 0.6 is 22.9 Å². The molecule has 0 atom stereocenters. The molecule has 2 N–H and O–H groups in total. The van der Waals surface area contributed by atoms with Gasteiger partial charge in [-0.2, -0.15) is 0 Å². The van der Waals surface area contributed by atoms with Gasteiger partial charge in [-0.15, -0.1) is 10.2 Å². The fraction of sp³-hybridized carbons (Fsp3) is 0.273. The van der Waals surface area contributed by atoms with Gasteiger partial charge in [0.05, 0.1) is 10.6 Å². The average molecular weight is 443 g/mol. The highest BCUT2D eigenvalue weighted by Gasteiger charge is 2.15. The lowest BCUT2D eigenvalue weighted by molar-refractivity contribution is 0.0953. The van der Waals surface area contributed by atoms with Gasteiger partial charge in [0.15, 0.2) is 0 Å². The van der Waals surface area contributed by atoms with Crippen molar-refractivity contribution < 1.29 is 9.59 Å². The molecule has 0 spiro atoms. The van der Waals surface area contributed by atoms with Gasteiger partial charge < -0.3 is 5.32 Å². The molecule has 3 rings (SSSR count). The molecule has 0 saturated heterocycles. The van der Waals surface area contributed by atoms with Crippen molar-refractivity contribution in [2.75, 3.05) is 11.9 Å². The molecule has 0 saturated carbocycles. The number of rotatable bonds is 6. The highest BCUT2D eigenvalue weighted by molar-refractivity contribution is 7.15.